The van der Waals surface area contributed by atoms with E-state index < -0.39 is 0 Å². The normalized spacial score (nSPS) is 10.4. The molecule has 0 aromatic carbocycles. The monoisotopic (exact) mass is 232 g/mol. The summed E-state index contributed by atoms with van der Waals surface area (Å²) in [5.41, 5.74) is 8.45. The molecular weight excluding hydrogens is 220 g/mol. The second-order valence-electron chi connectivity index (χ2n) is 3.49. The smallest absolute Gasteiger partial charge is 0.193 e. The molecule has 0 atom stereocenters. The highest BCUT2D eigenvalue weighted by Crippen LogP contribution is 2.27. The van der Waals surface area contributed by atoms with Gasteiger partial charge in [-0.25, -0.2) is 15.0 Å². The highest BCUT2D eigenvalue weighted by molar-refractivity contribution is 7.99. The Labute approximate surface area is 98.3 Å². The van der Waals surface area contributed by atoms with Crippen molar-refractivity contribution in [3.05, 3.63) is 35.8 Å². The van der Waals surface area contributed by atoms with Gasteiger partial charge in [-0.05, 0) is 43.3 Å². The van der Waals surface area contributed by atoms with Crippen LogP contribution < -0.4 is 5.73 Å². The quantitative estimate of drug-likeness (QED) is 0.804. The number of aromatic nitrogens is 3. The summed E-state index contributed by atoms with van der Waals surface area (Å²) in [5.74, 6) is 0. The second kappa shape index (κ2) is 4.49. The van der Waals surface area contributed by atoms with Gasteiger partial charge in [-0.2, -0.15) is 0 Å². The van der Waals surface area contributed by atoms with Crippen LogP contribution in [0.15, 0.2) is 34.7 Å². The van der Waals surface area contributed by atoms with Crippen LogP contribution in [0.4, 0.5) is 5.69 Å². The molecule has 2 aromatic heterocycles. The minimum atomic E-state index is 0.653. The first kappa shape index (κ1) is 10.9. The molecular formula is C11H12N4S. The van der Waals surface area contributed by atoms with E-state index in [1.54, 1.807) is 12.4 Å². The maximum absolute atomic E-state index is 5.83. The molecule has 0 aliphatic heterocycles. The van der Waals surface area contributed by atoms with Crippen molar-refractivity contribution in [2.45, 2.75) is 24.0 Å². The maximum atomic E-state index is 5.83. The van der Waals surface area contributed by atoms with Gasteiger partial charge >= 0.3 is 0 Å². The first-order valence-corrected chi connectivity index (χ1v) is 5.66. The van der Waals surface area contributed by atoms with Crippen molar-refractivity contribution >= 4 is 17.4 Å². The molecule has 0 radical (unpaired) electrons. The van der Waals surface area contributed by atoms with Crippen LogP contribution in [-0.4, -0.2) is 15.0 Å². The Morgan fingerprint density at radius 3 is 2.50 bits per heavy atom. The summed E-state index contributed by atoms with van der Waals surface area (Å²) in [6.45, 7) is 3.88. The summed E-state index contributed by atoms with van der Waals surface area (Å²) >= 11 is 1.38. The average molecular weight is 232 g/mol. The predicted octanol–water partition coefficient (Wildman–Crippen LogP) is 2.22. The number of hydrogen-bond acceptors (Lipinski definition) is 5. The fourth-order valence-electron chi connectivity index (χ4n) is 1.15. The predicted molar refractivity (Wildman–Crippen MR) is 64.3 cm³/mol. The van der Waals surface area contributed by atoms with Gasteiger partial charge in [-0.3, -0.25) is 0 Å². The van der Waals surface area contributed by atoms with Crippen molar-refractivity contribution in [2.75, 3.05) is 5.73 Å². The Bertz CT molecular complexity index is 496. The van der Waals surface area contributed by atoms with Crippen molar-refractivity contribution in [1.29, 1.82) is 0 Å². The van der Waals surface area contributed by atoms with Crippen LogP contribution in [0.3, 0.4) is 0 Å². The highest BCUT2D eigenvalue weighted by Gasteiger charge is 2.05. The molecule has 0 bridgehead atoms. The number of pyridine rings is 1. The van der Waals surface area contributed by atoms with E-state index in [4.69, 9.17) is 5.73 Å². The van der Waals surface area contributed by atoms with E-state index in [1.807, 2.05) is 26.0 Å². The molecule has 2 heterocycles. The highest BCUT2D eigenvalue weighted by atomic mass is 32.2. The molecule has 0 saturated carbocycles. The number of nitrogens with zero attached hydrogens (tertiary/aromatic N) is 3. The van der Waals surface area contributed by atoms with Crippen LogP contribution in [-0.2, 0) is 0 Å². The van der Waals surface area contributed by atoms with Crippen molar-refractivity contribution in [1.82, 2.24) is 15.0 Å². The fraction of sp³-hybridized carbons (Fsp3) is 0.182. The molecule has 0 aliphatic carbocycles. The number of nitrogens with two attached hydrogens (primary N) is 1. The molecule has 2 aromatic rings. The van der Waals surface area contributed by atoms with Crippen LogP contribution in [0.2, 0.25) is 0 Å². The number of nitrogen functional groups attached to an aromatic ring is 1. The Kier molecular flexibility index (Phi) is 3.05. The van der Waals surface area contributed by atoms with Gasteiger partial charge < -0.3 is 5.73 Å². The van der Waals surface area contributed by atoms with Gasteiger partial charge in [0.05, 0.1) is 5.69 Å². The van der Waals surface area contributed by atoms with E-state index in [-0.39, 0.29) is 0 Å². The Morgan fingerprint density at radius 2 is 1.81 bits per heavy atom. The van der Waals surface area contributed by atoms with Gasteiger partial charge in [0.2, 0.25) is 0 Å². The van der Waals surface area contributed by atoms with Gasteiger partial charge in [0.1, 0.15) is 5.03 Å². The first-order valence-electron chi connectivity index (χ1n) is 4.85. The zero-order valence-corrected chi connectivity index (χ0v) is 9.95. The topological polar surface area (TPSA) is 64.7 Å². The first-order chi connectivity index (χ1) is 7.65. The molecule has 0 unspecified atom stereocenters. The van der Waals surface area contributed by atoms with Crippen molar-refractivity contribution in [3.8, 4) is 0 Å². The van der Waals surface area contributed by atoms with Crippen LogP contribution in [0.25, 0.3) is 0 Å². The lowest BCUT2D eigenvalue weighted by Gasteiger charge is -2.04. The summed E-state index contributed by atoms with van der Waals surface area (Å²) in [6.07, 6.45) is 3.56. The van der Waals surface area contributed by atoms with Crippen molar-refractivity contribution in [3.63, 3.8) is 0 Å². The summed E-state index contributed by atoms with van der Waals surface area (Å²) in [5, 5.41) is 1.42. The number of hydrogen-bond donors (Lipinski definition) is 1. The number of rotatable bonds is 2. The zero-order chi connectivity index (χ0) is 11.5. The summed E-state index contributed by atoms with van der Waals surface area (Å²) < 4.78 is 0. The Balaban J connectivity index is 2.26. The standard InChI is InChI=1S/C11H12N4S/c1-7-5-13-11(14-6-7)16-10-9(12)4-3-8(2)15-10/h3-6H,12H2,1-2H3. The third-order valence-corrected chi connectivity index (χ3v) is 2.89. The largest absolute Gasteiger partial charge is 0.397 e. The van der Waals surface area contributed by atoms with Crippen LogP contribution in [0.1, 0.15) is 11.3 Å². The van der Waals surface area contributed by atoms with Crippen molar-refractivity contribution < 1.29 is 0 Å². The van der Waals surface area contributed by atoms with Crippen LogP contribution >= 0.6 is 11.8 Å². The third kappa shape index (κ3) is 2.49. The Hall–Kier alpha value is -1.62. The molecule has 16 heavy (non-hydrogen) atoms. The summed E-state index contributed by atoms with van der Waals surface area (Å²) in [4.78, 5) is 12.7. The Morgan fingerprint density at radius 1 is 1.12 bits per heavy atom. The summed E-state index contributed by atoms with van der Waals surface area (Å²) in [6, 6.07) is 3.73. The average Bonchev–Trinajstić information content (AvgIpc) is 2.27. The van der Waals surface area contributed by atoms with E-state index >= 15 is 0 Å². The lowest BCUT2D eigenvalue weighted by molar-refractivity contribution is 0.943. The van der Waals surface area contributed by atoms with Gasteiger partial charge in [0.25, 0.3) is 0 Å². The van der Waals surface area contributed by atoms with Gasteiger partial charge in [0, 0.05) is 18.1 Å². The van der Waals surface area contributed by atoms with Crippen LogP contribution in [0, 0.1) is 13.8 Å². The zero-order valence-electron chi connectivity index (χ0n) is 9.14. The molecule has 2 N–H and O–H groups in total. The molecule has 0 aliphatic rings. The second-order valence-corrected chi connectivity index (χ2v) is 4.45. The molecule has 0 amide bonds. The lowest BCUT2D eigenvalue weighted by atomic mass is 10.3. The van der Waals surface area contributed by atoms with Gasteiger partial charge in [-0.15, -0.1) is 0 Å². The van der Waals surface area contributed by atoms with E-state index in [1.165, 1.54) is 11.8 Å². The van der Waals surface area contributed by atoms with E-state index in [0.29, 0.717) is 10.8 Å². The van der Waals surface area contributed by atoms with Gasteiger partial charge in [0.15, 0.2) is 5.16 Å². The molecule has 0 fully saturated rings. The molecule has 82 valence electrons. The summed E-state index contributed by atoms with van der Waals surface area (Å²) in [7, 11) is 0. The molecule has 2 rings (SSSR count). The number of aryl methyl sites for hydroxylation is 2. The minimum Gasteiger partial charge on any atom is -0.397 e. The maximum Gasteiger partial charge on any atom is 0.193 e. The van der Waals surface area contributed by atoms with E-state index in [0.717, 1.165) is 16.3 Å². The van der Waals surface area contributed by atoms with Crippen LogP contribution in [0.5, 0.6) is 0 Å². The minimum absolute atomic E-state index is 0.653. The van der Waals surface area contributed by atoms with Crippen molar-refractivity contribution in [2.24, 2.45) is 0 Å². The van der Waals surface area contributed by atoms with Gasteiger partial charge in [-0.1, -0.05) is 0 Å². The lowest BCUT2D eigenvalue weighted by Crippen LogP contribution is -1.95. The molecule has 4 nitrogen and oxygen atoms in total. The molecule has 0 saturated heterocycles. The fourth-order valence-corrected chi connectivity index (χ4v) is 1.90. The van der Waals surface area contributed by atoms with E-state index in [9.17, 15) is 0 Å². The SMILES string of the molecule is Cc1cnc(Sc2nc(C)ccc2N)nc1. The molecule has 5 heteroatoms. The molecule has 0 spiro atoms. The number of anilines is 1. The van der Waals surface area contributed by atoms with E-state index in [2.05, 4.69) is 15.0 Å². The third-order valence-electron chi connectivity index (χ3n) is 1.97.